The molecular weight excluding hydrogens is 184 g/mol. The van der Waals surface area contributed by atoms with E-state index in [9.17, 15) is 4.79 Å². The molecule has 0 heterocycles. The molecule has 4 nitrogen and oxygen atoms in total. The Morgan fingerprint density at radius 3 is 2.64 bits per heavy atom. The summed E-state index contributed by atoms with van der Waals surface area (Å²) in [5.41, 5.74) is 0. The average Bonchev–Trinajstić information content (AvgIpc) is 2.12. The Morgan fingerprint density at radius 1 is 1.36 bits per heavy atom. The van der Waals surface area contributed by atoms with E-state index in [1.807, 2.05) is 6.92 Å². The molecule has 14 heavy (non-hydrogen) atoms. The Bertz CT molecular complexity index is 333. The lowest BCUT2D eigenvalue weighted by Crippen LogP contribution is -2.06. The third-order valence-electron chi connectivity index (χ3n) is 1.63. The van der Waals surface area contributed by atoms with Crippen molar-refractivity contribution in [3.05, 3.63) is 18.2 Å². The Kier molecular flexibility index (Phi) is 3.34. The molecule has 0 bridgehead atoms. The predicted octanol–water partition coefficient (Wildman–Crippen LogP) is 1.80. The van der Waals surface area contributed by atoms with Crippen LogP contribution >= 0.6 is 0 Å². The van der Waals surface area contributed by atoms with Crippen LogP contribution in [0.1, 0.15) is 19.8 Å². The zero-order valence-corrected chi connectivity index (χ0v) is 7.86. The standard InChI is InChI=1S/C10H12O4/c1-2-3-10(13)14-7-4-5-8(11)9(12)6-7/h4-6,11-12H,2-3H2,1H3. The van der Waals surface area contributed by atoms with Gasteiger partial charge in [0.05, 0.1) is 0 Å². The van der Waals surface area contributed by atoms with Crippen molar-refractivity contribution < 1.29 is 19.7 Å². The van der Waals surface area contributed by atoms with E-state index in [1.165, 1.54) is 18.2 Å². The first kappa shape index (κ1) is 10.4. The van der Waals surface area contributed by atoms with Crippen LogP contribution in [0.25, 0.3) is 0 Å². The van der Waals surface area contributed by atoms with Crippen molar-refractivity contribution in [3.8, 4) is 17.2 Å². The van der Waals surface area contributed by atoms with Gasteiger partial charge in [-0.05, 0) is 18.6 Å². The van der Waals surface area contributed by atoms with Gasteiger partial charge >= 0.3 is 5.97 Å². The van der Waals surface area contributed by atoms with Gasteiger partial charge in [0, 0.05) is 12.5 Å². The molecule has 2 N–H and O–H groups in total. The number of phenolic OH excluding ortho intramolecular Hbond substituents is 2. The van der Waals surface area contributed by atoms with E-state index in [4.69, 9.17) is 14.9 Å². The number of carbonyl (C=O) groups is 1. The maximum absolute atomic E-state index is 11.0. The van der Waals surface area contributed by atoms with Crippen LogP contribution < -0.4 is 4.74 Å². The molecule has 1 aromatic carbocycles. The monoisotopic (exact) mass is 196 g/mol. The van der Waals surface area contributed by atoms with E-state index in [0.29, 0.717) is 12.8 Å². The minimum atomic E-state index is -0.349. The number of carbonyl (C=O) groups excluding carboxylic acids is 1. The number of ether oxygens (including phenoxy) is 1. The minimum absolute atomic E-state index is 0.235. The van der Waals surface area contributed by atoms with Gasteiger partial charge in [-0.3, -0.25) is 4.79 Å². The van der Waals surface area contributed by atoms with Crippen LogP contribution in [0.5, 0.6) is 17.2 Å². The molecule has 0 aliphatic heterocycles. The largest absolute Gasteiger partial charge is 0.504 e. The van der Waals surface area contributed by atoms with Gasteiger partial charge in [-0.1, -0.05) is 6.92 Å². The summed E-state index contributed by atoms with van der Waals surface area (Å²) in [6, 6.07) is 3.88. The lowest BCUT2D eigenvalue weighted by molar-refractivity contribution is -0.134. The molecule has 0 unspecified atom stereocenters. The fraction of sp³-hybridized carbons (Fsp3) is 0.300. The van der Waals surface area contributed by atoms with Crippen molar-refractivity contribution in [3.63, 3.8) is 0 Å². The molecule has 1 rings (SSSR count). The minimum Gasteiger partial charge on any atom is -0.504 e. The second-order valence-electron chi connectivity index (χ2n) is 2.87. The Hall–Kier alpha value is -1.71. The number of aromatic hydroxyl groups is 2. The van der Waals surface area contributed by atoms with E-state index >= 15 is 0 Å². The van der Waals surface area contributed by atoms with Gasteiger partial charge in [0.25, 0.3) is 0 Å². The summed E-state index contributed by atoms with van der Waals surface area (Å²) in [6.45, 7) is 1.87. The van der Waals surface area contributed by atoms with Crippen LogP contribution in [0.4, 0.5) is 0 Å². The Labute approximate surface area is 81.8 Å². The highest BCUT2D eigenvalue weighted by Crippen LogP contribution is 2.28. The summed E-state index contributed by atoms with van der Waals surface area (Å²) >= 11 is 0. The lowest BCUT2D eigenvalue weighted by Gasteiger charge is -2.04. The van der Waals surface area contributed by atoms with E-state index in [0.717, 1.165) is 0 Å². The normalized spacial score (nSPS) is 9.79. The molecule has 0 aromatic heterocycles. The van der Waals surface area contributed by atoms with Gasteiger partial charge in [-0.2, -0.15) is 0 Å². The van der Waals surface area contributed by atoms with Crippen LogP contribution in [0, 0.1) is 0 Å². The molecule has 4 heteroatoms. The first-order valence-corrected chi connectivity index (χ1v) is 4.36. The van der Waals surface area contributed by atoms with Crippen molar-refractivity contribution in [2.24, 2.45) is 0 Å². The summed E-state index contributed by atoms with van der Waals surface area (Å²) in [5.74, 6) is -0.650. The smallest absolute Gasteiger partial charge is 0.311 e. The number of esters is 1. The van der Waals surface area contributed by atoms with Gasteiger partial charge in [0.15, 0.2) is 11.5 Å². The second-order valence-corrected chi connectivity index (χ2v) is 2.87. The molecule has 0 aliphatic rings. The van der Waals surface area contributed by atoms with Crippen LogP contribution in [-0.4, -0.2) is 16.2 Å². The fourth-order valence-corrected chi connectivity index (χ4v) is 0.953. The molecule has 76 valence electrons. The van der Waals surface area contributed by atoms with E-state index < -0.39 is 0 Å². The number of phenols is 2. The van der Waals surface area contributed by atoms with Crippen LogP contribution in [-0.2, 0) is 4.79 Å². The molecule has 0 amide bonds. The molecule has 0 atom stereocenters. The zero-order valence-electron chi connectivity index (χ0n) is 7.86. The molecule has 0 fully saturated rings. The van der Waals surface area contributed by atoms with Crippen LogP contribution in [0.2, 0.25) is 0 Å². The fourth-order valence-electron chi connectivity index (χ4n) is 0.953. The summed E-state index contributed by atoms with van der Waals surface area (Å²) in [7, 11) is 0. The van der Waals surface area contributed by atoms with Crippen LogP contribution in [0.3, 0.4) is 0 Å². The molecule has 0 saturated carbocycles. The first-order valence-electron chi connectivity index (χ1n) is 4.36. The summed E-state index contributed by atoms with van der Waals surface area (Å²) in [4.78, 5) is 11.0. The van der Waals surface area contributed by atoms with E-state index in [-0.39, 0.29) is 23.2 Å². The quantitative estimate of drug-likeness (QED) is 0.439. The van der Waals surface area contributed by atoms with Crippen molar-refractivity contribution >= 4 is 5.97 Å². The average molecular weight is 196 g/mol. The van der Waals surface area contributed by atoms with E-state index in [2.05, 4.69) is 0 Å². The van der Waals surface area contributed by atoms with Gasteiger partial charge in [-0.25, -0.2) is 0 Å². The topological polar surface area (TPSA) is 66.8 Å². The highest BCUT2D eigenvalue weighted by molar-refractivity contribution is 5.72. The van der Waals surface area contributed by atoms with Crippen molar-refractivity contribution in [1.82, 2.24) is 0 Å². The molecular formula is C10H12O4. The second kappa shape index (κ2) is 4.50. The predicted molar refractivity (Wildman–Crippen MR) is 50.3 cm³/mol. The first-order chi connectivity index (χ1) is 6.63. The van der Waals surface area contributed by atoms with Crippen molar-refractivity contribution in [1.29, 1.82) is 0 Å². The van der Waals surface area contributed by atoms with Gasteiger partial charge in [-0.15, -0.1) is 0 Å². The van der Waals surface area contributed by atoms with Crippen molar-refractivity contribution in [2.45, 2.75) is 19.8 Å². The number of benzene rings is 1. The summed E-state index contributed by atoms with van der Waals surface area (Å²) in [6.07, 6.45) is 1.05. The highest BCUT2D eigenvalue weighted by atomic mass is 16.5. The molecule has 0 saturated heterocycles. The SMILES string of the molecule is CCCC(=O)Oc1ccc(O)c(O)c1. The lowest BCUT2D eigenvalue weighted by atomic mass is 10.3. The molecule has 1 aromatic rings. The van der Waals surface area contributed by atoms with Gasteiger partial charge in [0.1, 0.15) is 5.75 Å². The van der Waals surface area contributed by atoms with Crippen molar-refractivity contribution in [2.75, 3.05) is 0 Å². The number of hydrogen-bond acceptors (Lipinski definition) is 4. The van der Waals surface area contributed by atoms with Crippen LogP contribution in [0.15, 0.2) is 18.2 Å². The van der Waals surface area contributed by atoms with Gasteiger partial charge in [0.2, 0.25) is 0 Å². The van der Waals surface area contributed by atoms with E-state index in [1.54, 1.807) is 0 Å². The Morgan fingerprint density at radius 2 is 2.07 bits per heavy atom. The maximum atomic E-state index is 11.0. The summed E-state index contributed by atoms with van der Waals surface area (Å²) in [5, 5.41) is 18.1. The third kappa shape index (κ3) is 2.65. The van der Waals surface area contributed by atoms with Gasteiger partial charge < -0.3 is 14.9 Å². The zero-order chi connectivity index (χ0) is 10.6. The Balaban J connectivity index is 2.68. The third-order valence-corrected chi connectivity index (χ3v) is 1.63. The molecule has 0 aliphatic carbocycles. The number of hydrogen-bond donors (Lipinski definition) is 2. The number of rotatable bonds is 3. The highest BCUT2D eigenvalue weighted by Gasteiger charge is 2.05. The molecule has 0 radical (unpaired) electrons. The molecule has 0 spiro atoms. The summed E-state index contributed by atoms with van der Waals surface area (Å²) < 4.78 is 4.88. The maximum Gasteiger partial charge on any atom is 0.311 e.